The van der Waals surface area contributed by atoms with Gasteiger partial charge in [0.1, 0.15) is 18.3 Å². The number of amides is 1. The molecule has 0 saturated carbocycles. The second-order valence-electron chi connectivity index (χ2n) is 3.34. The average molecular weight is 205 g/mol. The third-order valence-electron chi connectivity index (χ3n) is 2.20. The third kappa shape index (κ3) is 2.42. The van der Waals surface area contributed by atoms with Crippen LogP contribution in [0.25, 0.3) is 0 Å². The first kappa shape index (κ1) is 11.4. The highest BCUT2D eigenvalue weighted by Gasteiger charge is 2.38. The molecule has 0 aromatic carbocycles. The molecule has 1 aliphatic heterocycles. The predicted octanol–water partition coefficient (Wildman–Crippen LogP) is -2.40. The lowest BCUT2D eigenvalue weighted by molar-refractivity contribution is -0.164. The lowest BCUT2D eigenvalue weighted by Gasteiger charge is -2.36. The molecule has 4 N–H and O–H groups in total. The summed E-state index contributed by atoms with van der Waals surface area (Å²) in [7, 11) is 0. The molecule has 6 nitrogen and oxygen atoms in total. The van der Waals surface area contributed by atoms with E-state index < -0.39 is 24.4 Å². The molecule has 82 valence electrons. The number of hydrogen-bond donors (Lipinski definition) is 4. The number of hydrogen-bond acceptors (Lipinski definition) is 5. The summed E-state index contributed by atoms with van der Waals surface area (Å²) < 4.78 is 5.05. The summed E-state index contributed by atoms with van der Waals surface area (Å²) in [5, 5.41) is 30.2. The summed E-state index contributed by atoms with van der Waals surface area (Å²) >= 11 is 0. The maximum atomic E-state index is 10.7. The Morgan fingerprint density at radius 3 is 2.64 bits per heavy atom. The summed E-state index contributed by atoms with van der Waals surface area (Å²) in [5.74, 6) is -0.299. The van der Waals surface area contributed by atoms with Crippen molar-refractivity contribution < 1.29 is 24.9 Å². The Balaban J connectivity index is 2.54. The Morgan fingerprint density at radius 2 is 2.14 bits per heavy atom. The highest BCUT2D eigenvalue weighted by atomic mass is 16.5. The van der Waals surface area contributed by atoms with Crippen LogP contribution in [0.3, 0.4) is 0 Å². The van der Waals surface area contributed by atoms with Crippen LogP contribution in [0.1, 0.15) is 6.92 Å². The van der Waals surface area contributed by atoms with Gasteiger partial charge in [0, 0.05) is 6.92 Å². The molecule has 0 bridgehead atoms. The first-order valence-electron chi connectivity index (χ1n) is 4.42. The van der Waals surface area contributed by atoms with Crippen LogP contribution in [0.5, 0.6) is 0 Å². The van der Waals surface area contributed by atoms with E-state index in [9.17, 15) is 15.0 Å². The Bertz CT molecular complexity index is 210. The molecule has 1 aliphatic rings. The van der Waals surface area contributed by atoms with Gasteiger partial charge in [-0.1, -0.05) is 0 Å². The molecule has 0 aliphatic carbocycles. The maximum absolute atomic E-state index is 10.7. The summed E-state index contributed by atoms with van der Waals surface area (Å²) in [6.45, 7) is 1.05. The second-order valence-corrected chi connectivity index (χ2v) is 3.34. The molecule has 0 aromatic heterocycles. The van der Waals surface area contributed by atoms with Gasteiger partial charge in [-0.3, -0.25) is 4.79 Å². The van der Waals surface area contributed by atoms with Crippen LogP contribution >= 0.6 is 0 Å². The maximum Gasteiger partial charge on any atom is 0.217 e. The van der Waals surface area contributed by atoms with E-state index in [0.29, 0.717) is 0 Å². The predicted molar refractivity (Wildman–Crippen MR) is 46.4 cm³/mol. The van der Waals surface area contributed by atoms with Crippen molar-refractivity contribution in [1.29, 1.82) is 0 Å². The van der Waals surface area contributed by atoms with Crippen LogP contribution in [0.4, 0.5) is 0 Å². The van der Waals surface area contributed by atoms with Crippen molar-refractivity contribution >= 4 is 5.91 Å². The molecule has 1 saturated heterocycles. The zero-order valence-electron chi connectivity index (χ0n) is 7.88. The molecule has 1 heterocycles. The highest BCUT2D eigenvalue weighted by molar-refractivity contribution is 5.73. The van der Waals surface area contributed by atoms with Gasteiger partial charge >= 0.3 is 0 Å². The zero-order valence-corrected chi connectivity index (χ0v) is 7.88. The average Bonchev–Trinajstić information content (AvgIpc) is 2.13. The number of rotatable bonds is 2. The van der Waals surface area contributed by atoms with E-state index in [1.54, 1.807) is 0 Å². The molecule has 0 unspecified atom stereocenters. The lowest BCUT2D eigenvalue weighted by Crippen LogP contribution is -2.59. The van der Waals surface area contributed by atoms with Crippen molar-refractivity contribution in [2.75, 3.05) is 13.2 Å². The summed E-state index contributed by atoms with van der Waals surface area (Å²) in [5.41, 5.74) is 0. The van der Waals surface area contributed by atoms with Gasteiger partial charge in [0.2, 0.25) is 5.91 Å². The highest BCUT2D eigenvalue weighted by Crippen LogP contribution is 2.14. The van der Waals surface area contributed by atoms with Gasteiger partial charge in [-0.05, 0) is 0 Å². The van der Waals surface area contributed by atoms with Crippen LogP contribution in [0, 0.1) is 0 Å². The van der Waals surface area contributed by atoms with E-state index in [2.05, 4.69) is 5.32 Å². The normalized spacial score (nSPS) is 38.0. The number of aliphatic hydroxyl groups is 3. The fraction of sp³-hybridized carbons (Fsp3) is 0.875. The van der Waals surface area contributed by atoms with Crippen LogP contribution in [0.15, 0.2) is 0 Å². The number of nitrogens with one attached hydrogen (secondary N) is 1. The Hall–Kier alpha value is -0.690. The standard InChI is InChI=1S/C8H15NO5/c1-4(11)9-5-3-14-6(2-10)8(13)7(5)12/h5-8,10,12-13H,2-3H2,1H3,(H,9,11)/t5-,6+,7+,8+/m0/s1. The van der Waals surface area contributed by atoms with Crippen molar-refractivity contribution in [3.63, 3.8) is 0 Å². The molecule has 1 fully saturated rings. The summed E-state index contributed by atoms with van der Waals surface area (Å²) in [6.07, 6.45) is -3.06. The fourth-order valence-electron chi connectivity index (χ4n) is 1.43. The number of ether oxygens (including phenoxy) is 1. The van der Waals surface area contributed by atoms with Gasteiger partial charge in [-0.15, -0.1) is 0 Å². The van der Waals surface area contributed by atoms with E-state index >= 15 is 0 Å². The largest absolute Gasteiger partial charge is 0.394 e. The van der Waals surface area contributed by atoms with Gasteiger partial charge in [0.05, 0.1) is 19.3 Å². The Kier molecular flexibility index (Phi) is 3.82. The monoisotopic (exact) mass is 205 g/mol. The third-order valence-corrected chi connectivity index (χ3v) is 2.20. The number of carbonyl (C=O) groups is 1. The van der Waals surface area contributed by atoms with Gasteiger partial charge in [-0.2, -0.15) is 0 Å². The quantitative estimate of drug-likeness (QED) is 0.403. The molecule has 1 rings (SSSR count). The molecule has 0 aromatic rings. The van der Waals surface area contributed by atoms with E-state index in [-0.39, 0.29) is 19.1 Å². The number of carbonyl (C=O) groups excluding carboxylic acids is 1. The SMILES string of the molecule is CC(=O)N[C@H]1CO[C@H](CO)[C@@H](O)[C@@H]1O. The van der Waals surface area contributed by atoms with Crippen LogP contribution < -0.4 is 5.32 Å². The fourth-order valence-corrected chi connectivity index (χ4v) is 1.43. The minimum absolute atomic E-state index is 0.0863. The van der Waals surface area contributed by atoms with Crippen LogP contribution in [0.2, 0.25) is 0 Å². The van der Waals surface area contributed by atoms with Crippen LogP contribution in [-0.2, 0) is 9.53 Å². The zero-order chi connectivity index (χ0) is 10.7. The van der Waals surface area contributed by atoms with E-state index in [1.807, 2.05) is 0 Å². The Morgan fingerprint density at radius 1 is 1.50 bits per heavy atom. The first-order valence-corrected chi connectivity index (χ1v) is 4.42. The minimum Gasteiger partial charge on any atom is -0.394 e. The van der Waals surface area contributed by atoms with E-state index in [0.717, 1.165) is 0 Å². The smallest absolute Gasteiger partial charge is 0.217 e. The molecule has 1 amide bonds. The van der Waals surface area contributed by atoms with Crippen molar-refractivity contribution in [2.24, 2.45) is 0 Å². The van der Waals surface area contributed by atoms with Gasteiger partial charge in [0.15, 0.2) is 0 Å². The van der Waals surface area contributed by atoms with Gasteiger partial charge < -0.3 is 25.4 Å². The van der Waals surface area contributed by atoms with Crippen molar-refractivity contribution in [1.82, 2.24) is 5.32 Å². The van der Waals surface area contributed by atoms with Gasteiger partial charge in [-0.25, -0.2) is 0 Å². The molecule has 4 atom stereocenters. The van der Waals surface area contributed by atoms with E-state index in [4.69, 9.17) is 9.84 Å². The van der Waals surface area contributed by atoms with E-state index in [1.165, 1.54) is 6.92 Å². The number of aliphatic hydroxyl groups excluding tert-OH is 3. The molecule has 0 spiro atoms. The minimum atomic E-state index is -1.18. The van der Waals surface area contributed by atoms with Crippen LogP contribution in [-0.4, -0.2) is 58.8 Å². The molecule has 14 heavy (non-hydrogen) atoms. The van der Waals surface area contributed by atoms with Crippen molar-refractivity contribution in [3.8, 4) is 0 Å². The molecule has 6 heteroatoms. The topological polar surface area (TPSA) is 99.0 Å². The molecular formula is C8H15NO5. The lowest BCUT2D eigenvalue weighted by atomic mass is 9.98. The van der Waals surface area contributed by atoms with Crippen molar-refractivity contribution in [3.05, 3.63) is 0 Å². The van der Waals surface area contributed by atoms with Gasteiger partial charge in [0.25, 0.3) is 0 Å². The molecule has 0 radical (unpaired) electrons. The Labute approximate surface area is 81.5 Å². The second kappa shape index (κ2) is 4.70. The molecular weight excluding hydrogens is 190 g/mol. The first-order chi connectivity index (χ1) is 6.56. The summed E-state index contributed by atoms with van der Waals surface area (Å²) in [4.78, 5) is 10.7. The van der Waals surface area contributed by atoms with Crippen molar-refractivity contribution in [2.45, 2.75) is 31.3 Å². The summed E-state index contributed by atoms with van der Waals surface area (Å²) in [6, 6.07) is -0.620.